The van der Waals surface area contributed by atoms with Gasteiger partial charge in [-0.1, -0.05) is 23.7 Å². The fraction of sp³-hybridized carbons (Fsp3) is 0. The lowest BCUT2D eigenvalue weighted by Crippen LogP contribution is -2.12. The molecule has 2 aromatic rings. The molecule has 2 aromatic carbocycles. The van der Waals surface area contributed by atoms with Crippen LogP contribution in [0.25, 0.3) is 0 Å². The molecule has 0 saturated carbocycles. The van der Waals surface area contributed by atoms with E-state index >= 15 is 0 Å². The molecule has 2 nitrogen and oxygen atoms in total. The Labute approximate surface area is 117 Å². The summed E-state index contributed by atoms with van der Waals surface area (Å²) in [7, 11) is 0. The Kier molecular flexibility index (Phi) is 3.99. The predicted octanol–water partition coefficient (Wildman–Crippen LogP) is 4.49. The van der Waals surface area contributed by atoms with Gasteiger partial charge in [-0.3, -0.25) is 4.79 Å². The van der Waals surface area contributed by atoms with Gasteiger partial charge in [-0.2, -0.15) is 0 Å². The maximum atomic E-state index is 12.9. The Morgan fingerprint density at radius 2 is 1.94 bits per heavy atom. The number of hydrogen-bond donors (Lipinski definition) is 1. The van der Waals surface area contributed by atoms with E-state index in [0.29, 0.717) is 15.7 Å². The molecular weight excluding hydrogens is 321 g/mol. The molecule has 0 fully saturated rings. The van der Waals surface area contributed by atoms with E-state index in [1.165, 1.54) is 12.1 Å². The van der Waals surface area contributed by atoms with Crippen molar-refractivity contribution in [3.63, 3.8) is 0 Å². The van der Waals surface area contributed by atoms with E-state index < -0.39 is 5.82 Å². The quantitative estimate of drug-likeness (QED) is 0.864. The molecule has 92 valence electrons. The van der Waals surface area contributed by atoms with Crippen LogP contribution in [0.5, 0.6) is 0 Å². The molecule has 0 spiro atoms. The molecule has 0 bridgehead atoms. The van der Waals surface area contributed by atoms with Crippen LogP contribution in [0.1, 0.15) is 10.4 Å². The maximum absolute atomic E-state index is 12.9. The number of benzene rings is 2. The number of hydrogen-bond acceptors (Lipinski definition) is 1. The summed E-state index contributed by atoms with van der Waals surface area (Å²) in [5.41, 5.74) is 0.858. The number of carbonyl (C=O) groups excluding carboxylic acids is 1. The molecule has 0 atom stereocenters. The number of anilines is 1. The molecule has 18 heavy (non-hydrogen) atoms. The first kappa shape index (κ1) is 13.1. The Hall–Kier alpha value is -1.39. The molecule has 0 aliphatic heterocycles. The zero-order chi connectivity index (χ0) is 13.1. The molecule has 2 rings (SSSR count). The smallest absolute Gasteiger partial charge is 0.256 e. The molecule has 1 amide bonds. The lowest BCUT2D eigenvalue weighted by atomic mass is 10.2. The van der Waals surface area contributed by atoms with Crippen molar-refractivity contribution in [2.45, 2.75) is 0 Å². The number of amides is 1. The van der Waals surface area contributed by atoms with Gasteiger partial charge in [0, 0.05) is 4.47 Å². The summed E-state index contributed by atoms with van der Waals surface area (Å²) in [6, 6.07) is 10.8. The summed E-state index contributed by atoms with van der Waals surface area (Å²) in [4.78, 5) is 12.0. The van der Waals surface area contributed by atoms with Gasteiger partial charge < -0.3 is 5.32 Å². The second-order valence-corrected chi connectivity index (χ2v) is 4.82. The van der Waals surface area contributed by atoms with Crippen LogP contribution in [0, 0.1) is 5.82 Å². The molecule has 0 aromatic heterocycles. The van der Waals surface area contributed by atoms with Crippen molar-refractivity contribution >= 4 is 39.1 Å². The van der Waals surface area contributed by atoms with Gasteiger partial charge in [-0.15, -0.1) is 0 Å². The lowest BCUT2D eigenvalue weighted by Gasteiger charge is -2.08. The van der Waals surface area contributed by atoms with E-state index in [9.17, 15) is 9.18 Å². The lowest BCUT2D eigenvalue weighted by molar-refractivity contribution is 0.102. The largest absolute Gasteiger partial charge is 0.321 e. The molecule has 0 heterocycles. The van der Waals surface area contributed by atoms with Gasteiger partial charge in [-0.05, 0) is 46.3 Å². The van der Waals surface area contributed by atoms with Gasteiger partial charge in [0.05, 0.1) is 16.3 Å². The zero-order valence-electron chi connectivity index (χ0n) is 9.08. The summed E-state index contributed by atoms with van der Waals surface area (Å²) in [5, 5.41) is 2.79. The summed E-state index contributed by atoms with van der Waals surface area (Å²) in [6.45, 7) is 0. The summed E-state index contributed by atoms with van der Waals surface area (Å²) in [6.07, 6.45) is 0. The average Bonchev–Trinajstić information content (AvgIpc) is 2.33. The van der Waals surface area contributed by atoms with E-state index in [1.54, 1.807) is 18.2 Å². The topological polar surface area (TPSA) is 29.1 Å². The van der Waals surface area contributed by atoms with Crippen LogP contribution in [0.15, 0.2) is 46.9 Å². The first-order valence-corrected chi connectivity index (χ1v) is 6.26. The molecule has 0 radical (unpaired) electrons. The van der Waals surface area contributed by atoms with E-state index in [0.717, 1.165) is 6.07 Å². The monoisotopic (exact) mass is 327 g/mol. The summed E-state index contributed by atoms with van der Waals surface area (Å²) in [5.74, 6) is -0.755. The molecule has 1 N–H and O–H groups in total. The Morgan fingerprint density at radius 1 is 1.22 bits per heavy atom. The molecule has 0 aliphatic carbocycles. The average molecular weight is 329 g/mol. The van der Waals surface area contributed by atoms with Crippen LogP contribution in [-0.2, 0) is 0 Å². The van der Waals surface area contributed by atoms with Gasteiger partial charge >= 0.3 is 0 Å². The van der Waals surface area contributed by atoms with Crippen LogP contribution in [0.2, 0.25) is 5.02 Å². The van der Waals surface area contributed by atoms with Crippen LogP contribution in [0.3, 0.4) is 0 Å². The molecule has 0 unspecified atom stereocenters. The SMILES string of the molecule is O=C(Nc1ccc(F)cc1Cl)c1ccccc1Br. The van der Waals surface area contributed by atoms with Crippen molar-refractivity contribution in [1.29, 1.82) is 0 Å². The first-order valence-electron chi connectivity index (χ1n) is 5.09. The Morgan fingerprint density at radius 3 is 2.61 bits per heavy atom. The van der Waals surface area contributed by atoms with Gasteiger partial charge in [0.1, 0.15) is 5.82 Å². The van der Waals surface area contributed by atoms with Crippen LogP contribution in [0.4, 0.5) is 10.1 Å². The fourth-order valence-corrected chi connectivity index (χ4v) is 2.11. The van der Waals surface area contributed by atoms with Crippen molar-refractivity contribution in [2.24, 2.45) is 0 Å². The summed E-state index contributed by atoms with van der Waals surface area (Å²) >= 11 is 9.12. The normalized spacial score (nSPS) is 10.2. The van der Waals surface area contributed by atoms with Crippen molar-refractivity contribution in [3.8, 4) is 0 Å². The number of carbonyl (C=O) groups is 1. The molecule has 5 heteroatoms. The zero-order valence-corrected chi connectivity index (χ0v) is 11.4. The Bertz CT molecular complexity index is 603. The molecule has 0 aliphatic rings. The number of nitrogens with one attached hydrogen (secondary N) is 1. The highest BCUT2D eigenvalue weighted by atomic mass is 79.9. The van der Waals surface area contributed by atoms with Crippen LogP contribution < -0.4 is 5.32 Å². The second kappa shape index (κ2) is 5.50. The fourth-order valence-electron chi connectivity index (χ4n) is 1.43. The van der Waals surface area contributed by atoms with E-state index in [4.69, 9.17) is 11.6 Å². The minimum absolute atomic E-state index is 0.162. The maximum Gasteiger partial charge on any atom is 0.256 e. The second-order valence-electron chi connectivity index (χ2n) is 3.56. The Balaban J connectivity index is 2.24. The van der Waals surface area contributed by atoms with Gasteiger partial charge in [0.2, 0.25) is 0 Å². The van der Waals surface area contributed by atoms with Gasteiger partial charge in [0.15, 0.2) is 0 Å². The third kappa shape index (κ3) is 2.89. The highest BCUT2D eigenvalue weighted by molar-refractivity contribution is 9.10. The van der Waals surface area contributed by atoms with Gasteiger partial charge in [0.25, 0.3) is 5.91 Å². The highest BCUT2D eigenvalue weighted by Gasteiger charge is 2.11. The van der Waals surface area contributed by atoms with Crippen LogP contribution >= 0.6 is 27.5 Å². The first-order chi connectivity index (χ1) is 8.58. The van der Waals surface area contributed by atoms with Crippen molar-refractivity contribution < 1.29 is 9.18 Å². The number of rotatable bonds is 2. The van der Waals surface area contributed by atoms with E-state index in [1.807, 2.05) is 6.07 Å². The highest BCUT2D eigenvalue weighted by Crippen LogP contribution is 2.24. The molecular formula is C13H8BrClFNO. The predicted molar refractivity (Wildman–Crippen MR) is 73.5 cm³/mol. The van der Waals surface area contributed by atoms with E-state index in [-0.39, 0.29) is 10.9 Å². The standard InChI is InChI=1S/C13H8BrClFNO/c14-10-4-2-1-3-9(10)13(18)17-12-6-5-8(16)7-11(12)15/h1-7H,(H,17,18). The summed E-state index contributed by atoms with van der Waals surface area (Å²) < 4.78 is 13.5. The van der Waals surface area contributed by atoms with Crippen molar-refractivity contribution in [2.75, 3.05) is 5.32 Å². The van der Waals surface area contributed by atoms with Crippen molar-refractivity contribution in [3.05, 3.63) is 63.3 Å². The minimum atomic E-state index is -0.445. The third-order valence-corrected chi connectivity index (χ3v) is 3.30. The number of halogens is 3. The van der Waals surface area contributed by atoms with Crippen molar-refractivity contribution in [1.82, 2.24) is 0 Å². The third-order valence-electron chi connectivity index (χ3n) is 2.30. The van der Waals surface area contributed by atoms with Gasteiger partial charge in [-0.25, -0.2) is 4.39 Å². The minimum Gasteiger partial charge on any atom is -0.321 e. The van der Waals surface area contributed by atoms with Crippen LogP contribution in [-0.4, -0.2) is 5.91 Å². The van der Waals surface area contributed by atoms with E-state index in [2.05, 4.69) is 21.2 Å². The molecule has 0 saturated heterocycles.